The molecule has 4 nitrogen and oxygen atoms in total. The molecule has 1 aromatic heterocycles. The summed E-state index contributed by atoms with van der Waals surface area (Å²) in [6.45, 7) is 0. The maximum Gasteiger partial charge on any atom is 0.490 e. The van der Waals surface area contributed by atoms with Crippen molar-refractivity contribution in [1.29, 1.82) is 0 Å². The standard InChI is InChI=1S/C21H17BN2O2/c25-22(26)18-13-7-8-14-20(18)24-21(17-11-5-2-6-12-17)15-19(23-24)16-9-3-1-4-10-16/h1-15,25-26H. The van der Waals surface area contributed by atoms with Gasteiger partial charge in [-0.2, -0.15) is 5.10 Å². The molecule has 0 saturated carbocycles. The molecule has 3 aromatic carbocycles. The van der Waals surface area contributed by atoms with E-state index in [0.29, 0.717) is 11.2 Å². The zero-order valence-electron chi connectivity index (χ0n) is 14.0. The van der Waals surface area contributed by atoms with Crippen LogP contribution >= 0.6 is 0 Å². The summed E-state index contributed by atoms with van der Waals surface area (Å²) in [7, 11) is -1.57. The van der Waals surface area contributed by atoms with E-state index in [1.54, 1.807) is 16.8 Å². The van der Waals surface area contributed by atoms with Gasteiger partial charge in [0.05, 0.1) is 17.1 Å². The van der Waals surface area contributed by atoms with E-state index in [2.05, 4.69) is 0 Å². The molecule has 0 aliphatic heterocycles. The van der Waals surface area contributed by atoms with Gasteiger partial charge in [-0.25, -0.2) is 4.68 Å². The molecule has 0 saturated heterocycles. The summed E-state index contributed by atoms with van der Waals surface area (Å²) < 4.78 is 1.77. The minimum atomic E-state index is -1.57. The van der Waals surface area contributed by atoms with E-state index in [0.717, 1.165) is 22.5 Å². The van der Waals surface area contributed by atoms with E-state index < -0.39 is 7.12 Å². The van der Waals surface area contributed by atoms with Crippen LogP contribution in [0.4, 0.5) is 0 Å². The maximum atomic E-state index is 9.77. The van der Waals surface area contributed by atoms with Crippen LogP contribution < -0.4 is 5.46 Å². The van der Waals surface area contributed by atoms with Crippen molar-refractivity contribution in [2.24, 2.45) is 0 Å². The Morgan fingerprint density at radius 3 is 1.92 bits per heavy atom. The molecule has 1 heterocycles. The van der Waals surface area contributed by atoms with Crippen LogP contribution in [0, 0.1) is 0 Å². The van der Waals surface area contributed by atoms with Gasteiger partial charge in [0, 0.05) is 16.6 Å². The number of benzene rings is 3. The molecule has 0 atom stereocenters. The van der Waals surface area contributed by atoms with E-state index in [9.17, 15) is 10.0 Å². The van der Waals surface area contributed by atoms with Gasteiger partial charge in [-0.3, -0.25) is 0 Å². The highest BCUT2D eigenvalue weighted by Gasteiger charge is 2.20. The topological polar surface area (TPSA) is 58.3 Å². The Kier molecular flexibility index (Phi) is 4.40. The first kappa shape index (κ1) is 16.3. The van der Waals surface area contributed by atoms with Crippen LogP contribution in [-0.2, 0) is 0 Å². The SMILES string of the molecule is OB(O)c1ccccc1-n1nc(-c2ccccc2)cc1-c1ccccc1. The van der Waals surface area contributed by atoms with Gasteiger partial charge in [0.25, 0.3) is 0 Å². The van der Waals surface area contributed by atoms with Crippen LogP contribution in [0.15, 0.2) is 91.0 Å². The van der Waals surface area contributed by atoms with E-state index >= 15 is 0 Å². The smallest absolute Gasteiger partial charge is 0.423 e. The predicted molar refractivity (Wildman–Crippen MR) is 104 cm³/mol. The Labute approximate surface area is 152 Å². The molecule has 0 aliphatic rings. The Bertz CT molecular complexity index is 1010. The first-order valence-electron chi connectivity index (χ1n) is 8.40. The van der Waals surface area contributed by atoms with Crippen molar-refractivity contribution in [3.05, 3.63) is 91.0 Å². The van der Waals surface area contributed by atoms with Crippen LogP contribution in [-0.4, -0.2) is 26.9 Å². The second-order valence-electron chi connectivity index (χ2n) is 5.99. The molecule has 0 bridgehead atoms. The van der Waals surface area contributed by atoms with Crippen LogP contribution in [0.2, 0.25) is 0 Å². The first-order chi connectivity index (χ1) is 12.7. The molecule has 0 aliphatic carbocycles. The van der Waals surface area contributed by atoms with Gasteiger partial charge < -0.3 is 10.0 Å². The molecule has 4 rings (SSSR count). The third kappa shape index (κ3) is 3.06. The second-order valence-corrected chi connectivity index (χ2v) is 5.99. The van der Waals surface area contributed by atoms with Crippen molar-refractivity contribution >= 4 is 12.6 Å². The van der Waals surface area contributed by atoms with E-state index in [-0.39, 0.29) is 0 Å². The Balaban J connectivity index is 1.95. The fourth-order valence-electron chi connectivity index (χ4n) is 3.03. The molecule has 5 heteroatoms. The largest absolute Gasteiger partial charge is 0.490 e. The van der Waals surface area contributed by atoms with Crippen LogP contribution in [0.3, 0.4) is 0 Å². The lowest BCUT2D eigenvalue weighted by molar-refractivity contribution is 0.425. The molecule has 26 heavy (non-hydrogen) atoms. The normalized spacial score (nSPS) is 10.7. The summed E-state index contributed by atoms with van der Waals surface area (Å²) in [5.74, 6) is 0. The maximum absolute atomic E-state index is 9.77. The molecule has 2 N–H and O–H groups in total. The van der Waals surface area contributed by atoms with Crippen molar-refractivity contribution in [1.82, 2.24) is 9.78 Å². The summed E-state index contributed by atoms with van der Waals surface area (Å²) in [6.07, 6.45) is 0. The lowest BCUT2D eigenvalue weighted by Crippen LogP contribution is -2.33. The van der Waals surface area contributed by atoms with Crippen molar-refractivity contribution in [3.63, 3.8) is 0 Å². The number of para-hydroxylation sites is 1. The first-order valence-corrected chi connectivity index (χ1v) is 8.40. The van der Waals surface area contributed by atoms with Crippen LogP contribution in [0.1, 0.15) is 0 Å². The summed E-state index contributed by atoms with van der Waals surface area (Å²) in [4.78, 5) is 0. The average molecular weight is 340 g/mol. The number of hydrogen-bond acceptors (Lipinski definition) is 3. The molecular weight excluding hydrogens is 323 g/mol. The fourth-order valence-corrected chi connectivity index (χ4v) is 3.03. The summed E-state index contributed by atoms with van der Waals surface area (Å²) in [5.41, 5.74) is 4.77. The number of hydrogen-bond donors (Lipinski definition) is 2. The van der Waals surface area contributed by atoms with Gasteiger partial charge in [0.15, 0.2) is 0 Å². The monoisotopic (exact) mass is 340 g/mol. The number of nitrogens with zero attached hydrogens (tertiary/aromatic N) is 2. The van der Waals surface area contributed by atoms with Gasteiger partial charge in [0.1, 0.15) is 0 Å². The molecule has 0 unspecified atom stereocenters. The Morgan fingerprint density at radius 2 is 1.27 bits per heavy atom. The van der Waals surface area contributed by atoms with Gasteiger partial charge in [-0.1, -0.05) is 78.9 Å². The lowest BCUT2D eigenvalue weighted by Gasteiger charge is -2.12. The highest BCUT2D eigenvalue weighted by atomic mass is 16.4. The minimum Gasteiger partial charge on any atom is -0.423 e. The van der Waals surface area contributed by atoms with Crippen molar-refractivity contribution in [2.75, 3.05) is 0 Å². The highest BCUT2D eigenvalue weighted by Crippen LogP contribution is 2.28. The van der Waals surface area contributed by atoms with Crippen LogP contribution in [0.25, 0.3) is 28.2 Å². The molecule has 0 spiro atoms. The Hall–Kier alpha value is -3.15. The quantitative estimate of drug-likeness (QED) is 0.562. The lowest BCUT2D eigenvalue weighted by atomic mass is 9.79. The predicted octanol–water partition coefficient (Wildman–Crippen LogP) is 2.89. The highest BCUT2D eigenvalue weighted by molar-refractivity contribution is 6.60. The average Bonchev–Trinajstić information content (AvgIpc) is 3.14. The fraction of sp³-hybridized carbons (Fsp3) is 0. The molecular formula is C21H17BN2O2. The molecule has 0 radical (unpaired) electrons. The summed E-state index contributed by atoms with van der Waals surface area (Å²) in [5, 5.41) is 24.3. The summed E-state index contributed by atoms with van der Waals surface area (Å²) in [6, 6.07) is 29.1. The van der Waals surface area contributed by atoms with E-state index in [4.69, 9.17) is 5.10 Å². The van der Waals surface area contributed by atoms with Crippen molar-refractivity contribution < 1.29 is 10.0 Å². The third-order valence-corrected chi connectivity index (χ3v) is 4.29. The van der Waals surface area contributed by atoms with Gasteiger partial charge in [-0.15, -0.1) is 0 Å². The third-order valence-electron chi connectivity index (χ3n) is 4.29. The Morgan fingerprint density at radius 1 is 0.692 bits per heavy atom. The zero-order valence-corrected chi connectivity index (χ0v) is 14.0. The van der Waals surface area contributed by atoms with Gasteiger partial charge in [-0.05, 0) is 12.1 Å². The second kappa shape index (κ2) is 7.00. The van der Waals surface area contributed by atoms with Crippen molar-refractivity contribution in [3.8, 4) is 28.2 Å². The zero-order chi connectivity index (χ0) is 17.9. The minimum absolute atomic E-state index is 0.410. The molecule has 126 valence electrons. The van der Waals surface area contributed by atoms with E-state index in [1.807, 2.05) is 78.9 Å². The van der Waals surface area contributed by atoms with Crippen LogP contribution in [0.5, 0.6) is 0 Å². The number of aromatic nitrogens is 2. The number of rotatable bonds is 4. The molecule has 4 aromatic rings. The van der Waals surface area contributed by atoms with Crippen molar-refractivity contribution in [2.45, 2.75) is 0 Å². The summed E-state index contributed by atoms with van der Waals surface area (Å²) >= 11 is 0. The van der Waals surface area contributed by atoms with Gasteiger partial charge >= 0.3 is 7.12 Å². The van der Waals surface area contributed by atoms with Gasteiger partial charge in [0.2, 0.25) is 0 Å². The van der Waals surface area contributed by atoms with E-state index in [1.165, 1.54) is 0 Å². The molecule has 0 fully saturated rings. The molecule has 0 amide bonds.